The number of nitrogens with one attached hydrogen (secondary N) is 1. The van der Waals surface area contributed by atoms with Gasteiger partial charge in [-0.25, -0.2) is 5.84 Å². The predicted octanol–water partition coefficient (Wildman–Crippen LogP) is 1.86. The van der Waals surface area contributed by atoms with E-state index in [1.165, 1.54) is 24.3 Å². The maximum absolute atomic E-state index is 11.4. The lowest BCUT2D eigenvalue weighted by Crippen LogP contribution is -2.29. The molecule has 0 aliphatic carbocycles. The van der Waals surface area contributed by atoms with Crippen molar-refractivity contribution in [2.24, 2.45) is 5.84 Å². The van der Waals surface area contributed by atoms with Crippen LogP contribution in [-0.4, -0.2) is 17.4 Å². The summed E-state index contributed by atoms with van der Waals surface area (Å²) in [6.07, 6.45) is 0. The second kappa shape index (κ2) is 6.06. The smallest absolute Gasteiger partial charge is 0.300 e. The van der Waals surface area contributed by atoms with Crippen LogP contribution in [0.25, 0.3) is 11.3 Å². The van der Waals surface area contributed by atoms with Crippen LogP contribution in [0.15, 0.2) is 34.7 Å². The molecule has 8 nitrogen and oxygen atoms in total. The Morgan fingerprint density at radius 1 is 1.43 bits per heavy atom. The van der Waals surface area contributed by atoms with Gasteiger partial charge in [0, 0.05) is 6.07 Å². The van der Waals surface area contributed by atoms with Crippen molar-refractivity contribution < 1.29 is 18.9 Å². The normalized spacial score (nSPS) is 10.2. The van der Waals surface area contributed by atoms with Crippen LogP contribution in [0.4, 0.5) is 5.69 Å². The van der Waals surface area contributed by atoms with E-state index in [0.29, 0.717) is 23.7 Å². The molecular formula is C13H13N3O5. The fourth-order valence-electron chi connectivity index (χ4n) is 1.78. The third-order valence-corrected chi connectivity index (χ3v) is 2.70. The molecule has 21 heavy (non-hydrogen) atoms. The summed E-state index contributed by atoms with van der Waals surface area (Å²) < 4.78 is 10.8. The number of hydrogen-bond donors (Lipinski definition) is 2. The van der Waals surface area contributed by atoms with Crippen molar-refractivity contribution in [1.82, 2.24) is 5.43 Å². The summed E-state index contributed by atoms with van der Waals surface area (Å²) in [7, 11) is 0. The van der Waals surface area contributed by atoms with Crippen LogP contribution in [-0.2, 0) is 0 Å². The van der Waals surface area contributed by atoms with E-state index < -0.39 is 10.8 Å². The van der Waals surface area contributed by atoms with E-state index in [1.807, 2.05) is 5.43 Å². The average molecular weight is 291 g/mol. The fourth-order valence-corrected chi connectivity index (χ4v) is 1.78. The molecule has 0 aliphatic rings. The Hall–Kier alpha value is -2.87. The maximum Gasteiger partial charge on any atom is 0.300 e. The number of non-ortho nitro benzene ring substituents is 1. The quantitative estimate of drug-likeness (QED) is 0.375. The highest BCUT2D eigenvalue weighted by molar-refractivity contribution is 5.91. The molecule has 1 amide bonds. The molecule has 0 unspecified atom stereocenters. The number of nitrogen functional groups attached to an aromatic ring is 1. The zero-order valence-corrected chi connectivity index (χ0v) is 11.2. The molecule has 0 fully saturated rings. The molecule has 1 heterocycles. The first kappa shape index (κ1) is 14.5. The molecular weight excluding hydrogens is 278 g/mol. The van der Waals surface area contributed by atoms with Crippen LogP contribution in [0, 0.1) is 10.1 Å². The monoisotopic (exact) mass is 291 g/mol. The van der Waals surface area contributed by atoms with Gasteiger partial charge in [-0.3, -0.25) is 20.3 Å². The first-order valence-corrected chi connectivity index (χ1v) is 6.09. The van der Waals surface area contributed by atoms with E-state index in [0.717, 1.165) is 0 Å². The van der Waals surface area contributed by atoms with E-state index in [9.17, 15) is 14.9 Å². The molecule has 3 N–H and O–H groups in total. The van der Waals surface area contributed by atoms with Gasteiger partial charge in [0.2, 0.25) is 0 Å². The summed E-state index contributed by atoms with van der Waals surface area (Å²) in [6.45, 7) is 2.10. The third kappa shape index (κ3) is 3.00. The van der Waals surface area contributed by atoms with E-state index in [-0.39, 0.29) is 11.4 Å². The Kier molecular flexibility index (Phi) is 4.19. The van der Waals surface area contributed by atoms with Gasteiger partial charge in [0.05, 0.1) is 23.2 Å². The number of carbonyl (C=O) groups excluding carboxylic acids is 1. The minimum atomic E-state index is -0.568. The molecule has 0 bridgehead atoms. The van der Waals surface area contributed by atoms with Crippen molar-refractivity contribution in [3.8, 4) is 17.1 Å². The number of hydrogen-bond acceptors (Lipinski definition) is 6. The second-order valence-corrected chi connectivity index (χ2v) is 4.01. The summed E-state index contributed by atoms with van der Waals surface area (Å²) >= 11 is 0. The molecule has 0 saturated carbocycles. The minimum Gasteiger partial charge on any atom is -0.493 e. The number of nitro groups is 1. The van der Waals surface area contributed by atoms with E-state index in [2.05, 4.69) is 0 Å². The number of ether oxygens (including phenoxy) is 1. The molecule has 2 rings (SSSR count). The van der Waals surface area contributed by atoms with Crippen LogP contribution in [0.2, 0.25) is 0 Å². The lowest BCUT2D eigenvalue weighted by atomic mass is 10.1. The SMILES string of the molecule is CCOc1cc([N+](=O)[O-])ccc1-c1ccc(C(=O)NN)o1. The van der Waals surface area contributed by atoms with Crippen LogP contribution in [0.5, 0.6) is 5.75 Å². The van der Waals surface area contributed by atoms with Crippen LogP contribution in [0.3, 0.4) is 0 Å². The van der Waals surface area contributed by atoms with Crippen LogP contribution >= 0.6 is 0 Å². The summed E-state index contributed by atoms with van der Waals surface area (Å²) in [5.41, 5.74) is 2.38. The number of hydrazine groups is 1. The topological polar surface area (TPSA) is 121 Å². The van der Waals surface area contributed by atoms with Crippen molar-refractivity contribution in [1.29, 1.82) is 0 Å². The van der Waals surface area contributed by atoms with Gasteiger partial charge < -0.3 is 9.15 Å². The number of furan rings is 1. The van der Waals surface area contributed by atoms with Gasteiger partial charge in [-0.05, 0) is 25.1 Å². The summed E-state index contributed by atoms with van der Waals surface area (Å²) in [5, 5.41) is 10.8. The Morgan fingerprint density at radius 2 is 2.19 bits per heavy atom. The number of amides is 1. The molecule has 1 aromatic heterocycles. The maximum atomic E-state index is 11.4. The van der Waals surface area contributed by atoms with Crippen LogP contribution in [0.1, 0.15) is 17.5 Å². The molecule has 1 aromatic carbocycles. The van der Waals surface area contributed by atoms with E-state index in [4.69, 9.17) is 15.0 Å². The number of nitro benzene ring substituents is 1. The minimum absolute atomic E-state index is 0.0355. The third-order valence-electron chi connectivity index (χ3n) is 2.70. The molecule has 0 spiro atoms. The second-order valence-electron chi connectivity index (χ2n) is 4.01. The highest BCUT2D eigenvalue weighted by atomic mass is 16.6. The van der Waals surface area contributed by atoms with Crippen molar-refractivity contribution in [2.45, 2.75) is 6.92 Å². The molecule has 0 aliphatic heterocycles. The van der Waals surface area contributed by atoms with Crippen molar-refractivity contribution in [2.75, 3.05) is 6.61 Å². The van der Waals surface area contributed by atoms with Gasteiger partial charge >= 0.3 is 5.91 Å². The Bertz CT molecular complexity index is 680. The van der Waals surface area contributed by atoms with Crippen molar-refractivity contribution in [3.63, 3.8) is 0 Å². The number of nitrogens with two attached hydrogens (primary N) is 1. The summed E-state index contributed by atoms with van der Waals surface area (Å²) in [5.74, 6) is 5.15. The predicted molar refractivity (Wildman–Crippen MR) is 73.6 cm³/mol. The Balaban J connectivity index is 2.44. The van der Waals surface area contributed by atoms with Gasteiger partial charge in [-0.2, -0.15) is 0 Å². The zero-order valence-electron chi connectivity index (χ0n) is 11.2. The molecule has 0 atom stereocenters. The lowest BCUT2D eigenvalue weighted by molar-refractivity contribution is -0.384. The summed E-state index contributed by atoms with van der Waals surface area (Å²) in [4.78, 5) is 21.6. The number of rotatable bonds is 5. The van der Waals surface area contributed by atoms with Gasteiger partial charge in [-0.15, -0.1) is 0 Å². The molecule has 8 heteroatoms. The number of carbonyl (C=O) groups is 1. The molecule has 0 saturated heterocycles. The fraction of sp³-hybridized carbons (Fsp3) is 0.154. The highest BCUT2D eigenvalue weighted by Crippen LogP contribution is 2.34. The highest BCUT2D eigenvalue weighted by Gasteiger charge is 2.17. The molecule has 110 valence electrons. The van der Waals surface area contributed by atoms with Gasteiger partial charge in [0.25, 0.3) is 5.69 Å². The van der Waals surface area contributed by atoms with Gasteiger partial charge in [0.1, 0.15) is 11.5 Å². The Morgan fingerprint density at radius 3 is 2.81 bits per heavy atom. The largest absolute Gasteiger partial charge is 0.493 e. The van der Waals surface area contributed by atoms with Crippen molar-refractivity contribution in [3.05, 3.63) is 46.2 Å². The van der Waals surface area contributed by atoms with Gasteiger partial charge in [0.15, 0.2) is 5.76 Å². The van der Waals surface area contributed by atoms with Gasteiger partial charge in [-0.1, -0.05) is 0 Å². The first-order valence-electron chi connectivity index (χ1n) is 6.09. The average Bonchev–Trinajstić information content (AvgIpc) is 2.96. The van der Waals surface area contributed by atoms with Crippen LogP contribution < -0.4 is 16.0 Å². The van der Waals surface area contributed by atoms with E-state index in [1.54, 1.807) is 13.0 Å². The molecule has 0 radical (unpaired) electrons. The number of nitrogens with zero attached hydrogens (tertiary/aromatic N) is 1. The Labute approximate surface area is 119 Å². The first-order chi connectivity index (χ1) is 10.1. The molecule has 2 aromatic rings. The lowest BCUT2D eigenvalue weighted by Gasteiger charge is -2.08. The van der Waals surface area contributed by atoms with E-state index >= 15 is 0 Å². The van der Waals surface area contributed by atoms with Crippen molar-refractivity contribution >= 4 is 11.6 Å². The number of benzene rings is 1. The summed E-state index contributed by atoms with van der Waals surface area (Å²) in [6, 6.07) is 7.17. The zero-order chi connectivity index (χ0) is 15.4. The standard InChI is InChI=1S/C13H13N3O5/c1-2-20-12-7-8(16(18)19)3-4-9(12)10-5-6-11(21-10)13(17)15-14/h3-7H,2,14H2,1H3,(H,15,17).